The molecule has 3 rings (SSSR count). The molecule has 0 saturated carbocycles. The third-order valence-electron chi connectivity index (χ3n) is 4.17. The molecule has 0 aliphatic rings. The van der Waals surface area contributed by atoms with Crippen molar-refractivity contribution in [2.45, 2.75) is 6.92 Å². The van der Waals surface area contributed by atoms with Crippen LogP contribution in [0.2, 0.25) is 0 Å². The fraction of sp³-hybridized carbons (Fsp3) is 0.190. The molecule has 0 aliphatic heterocycles. The standard InChI is InChI=1S/C21H21N3O4/c1-4-28-21(26)16-7-5-6-8-17(16)22-20(25)18-13-19(24(2)23-18)14-9-11-15(27-3)12-10-14/h5-13H,4H2,1-3H3,(H,22,25). The average Bonchev–Trinajstić information content (AvgIpc) is 3.10. The number of amides is 1. The number of nitrogens with zero attached hydrogens (tertiary/aromatic N) is 2. The Morgan fingerprint density at radius 3 is 2.50 bits per heavy atom. The maximum atomic E-state index is 12.7. The topological polar surface area (TPSA) is 82.5 Å². The molecule has 0 unspecified atom stereocenters. The molecule has 1 amide bonds. The normalized spacial score (nSPS) is 10.4. The lowest BCUT2D eigenvalue weighted by molar-refractivity contribution is 0.0527. The van der Waals surface area contributed by atoms with Gasteiger partial charge in [0.1, 0.15) is 5.75 Å². The summed E-state index contributed by atoms with van der Waals surface area (Å²) >= 11 is 0. The van der Waals surface area contributed by atoms with Crippen LogP contribution in [0.5, 0.6) is 5.75 Å². The van der Waals surface area contributed by atoms with E-state index in [1.54, 1.807) is 56.1 Å². The van der Waals surface area contributed by atoms with Gasteiger partial charge in [-0.2, -0.15) is 5.10 Å². The van der Waals surface area contributed by atoms with Crippen LogP contribution in [-0.2, 0) is 11.8 Å². The predicted molar refractivity (Wildman–Crippen MR) is 106 cm³/mol. The summed E-state index contributed by atoms with van der Waals surface area (Å²) in [4.78, 5) is 24.8. The van der Waals surface area contributed by atoms with Crippen LogP contribution in [0.1, 0.15) is 27.8 Å². The monoisotopic (exact) mass is 379 g/mol. The van der Waals surface area contributed by atoms with Gasteiger partial charge in [0.2, 0.25) is 0 Å². The van der Waals surface area contributed by atoms with E-state index in [-0.39, 0.29) is 12.3 Å². The highest BCUT2D eigenvalue weighted by molar-refractivity contribution is 6.07. The summed E-state index contributed by atoms with van der Waals surface area (Å²) in [5.41, 5.74) is 2.60. The van der Waals surface area contributed by atoms with Crippen LogP contribution in [0.15, 0.2) is 54.6 Å². The van der Waals surface area contributed by atoms with Crippen LogP contribution in [0.25, 0.3) is 11.3 Å². The molecule has 28 heavy (non-hydrogen) atoms. The third-order valence-corrected chi connectivity index (χ3v) is 4.17. The number of benzene rings is 2. The zero-order valence-corrected chi connectivity index (χ0v) is 15.9. The number of hydrogen-bond donors (Lipinski definition) is 1. The van der Waals surface area contributed by atoms with E-state index in [2.05, 4.69) is 10.4 Å². The Morgan fingerprint density at radius 2 is 1.82 bits per heavy atom. The summed E-state index contributed by atoms with van der Waals surface area (Å²) in [5.74, 6) is -0.148. The molecule has 0 radical (unpaired) electrons. The summed E-state index contributed by atoms with van der Waals surface area (Å²) in [6.45, 7) is 1.99. The lowest BCUT2D eigenvalue weighted by atomic mass is 10.1. The van der Waals surface area contributed by atoms with E-state index in [4.69, 9.17) is 9.47 Å². The van der Waals surface area contributed by atoms with Crippen molar-refractivity contribution in [3.8, 4) is 17.0 Å². The minimum absolute atomic E-state index is 0.243. The van der Waals surface area contributed by atoms with E-state index in [9.17, 15) is 9.59 Å². The summed E-state index contributed by atoms with van der Waals surface area (Å²) in [6.07, 6.45) is 0. The number of esters is 1. The molecule has 7 nitrogen and oxygen atoms in total. The minimum Gasteiger partial charge on any atom is -0.497 e. The fourth-order valence-corrected chi connectivity index (χ4v) is 2.78. The van der Waals surface area contributed by atoms with Crippen LogP contribution in [0, 0.1) is 0 Å². The summed E-state index contributed by atoms with van der Waals surface area (Å²) < 4.78 is 11.8. The number of methoxy groups -OCH3 is 1. The first-order valence-electron chi connectivity index (χ1n) is 8.79. The first kappa shape index (κ1) is 19.2. The Balaban J connectivity index is 1.84. The average molecular weight is 379 g/mol. The molecule has 1 N–H and O–H groups in total. The maximum absolute atomic E-state index is 12.7. The highest BCUT2D eigenvalue weighted by Crippen LogP contribution is 2.24. The molecule has 0 atom stereocenters. The van der Waals surface area contributed by atoms with Gasteiger partial charge in [0, 0.05) is 12.6 Å². The number of carbonyl (C=O) groups is 2. The largest absolute Gasteiger partial charge is 0.497 e. The molecule has 0 fully saturated rings. The van der Waals surface area contributed by atoms with E-state index in [0.29, 0.717) is 11.3 Å². The van der Waals surface area contributed by atoms with E-state index < -0.39 is 11.9 Å². The second kappa shape index (κ2) is 8.39. The number of aryl methyl sites for hydroxylation is 1. The van der Waals surface area contributed by atoms with E-state index in [1.807, 2.05) is 24.3 Å². The van der Waals surface area contributed by atoms with Crippen molar-refractivity contribution in [1.29, 1.82) is 0 Å². The number of hydrogen-bond acceptors (Lipinski definition) is 5. The quantitative estimate of drug-likeness (QED) is 0.663. The van der Waals surface area contributed by atoms with Gasteiger partial charge in [-0.05, 0) is 49.4 Å². The minimum atomic E-state index is -0.488. The van der Waals surface area contributed by atoms with Crippen LogP contribution < -0.4 is 10.1 Å². The van der Waals surface area contributed by atoms with Crippen molar-refractivity contribution in [2.24, 2.45) is 7.05 Å². The van der Waals surface area contributed by atoms with E-state index >= 15 is 0 Å². The summed E-state index contributed by atoms with van der Waals surface area (Å²) in [6, 6.07) is 15.9. The lowest BCUT2D eigenvalue weighted by Gasteiger charge is -2.09. The van der Waals surface area contributed by atoms with Crippen LogP contribution in [0.4, 0.5) is 5.69 Å². The predicted octanol–water partition coefficient (Wildman–Crippen LogP) is 3.52. The van der Waals surface area contributed by atoms with Gasteiger partial charge in [-0.1, -0.05) is 12.1 Å². The van der Waals surface area contributed by atoms with Crippen molar-refractivity contribution in [3.05, 3.63) is 65.9 Å². The molecule has 1 heterocycles. The fourth-order valence-electron chi connectivity index (χ4n) is 2.78. The first-order valence-corrected chi connectivity index (χ1v) is 8.79. The number of aromatic nitrogens is 2. The molecular weight excluding hydrogens is 358 g/mol. The Kier molecular flexibility index (Phi) is 5.74. The van der Waals surface area contributed by atoms with Crippen molar-refractivity contribution >= 4 is 17.6 Å². The number of ether oxygens (including phenoxy) is 2. The molecule has 1 aromatic heterocycles. The summed E-state index contributed by atoms with van der Waals surface area (Å²) in [5, 5.41) is 7.03. The highest BCUT2D eigenvalue weighted by Gasteiger charge is 2.18. The highest BCUT2D eigenvalue weighted by atomic mass is 16.5. The van der Waals surface area contributed by atoms with Crippen molar-refractivity contribution in [1.82, 2.24) is 9.78 Å². The second-order valence-corrected chi connectivity index (χ2v) is 5.99. The van der Waals surface area contributed by atoms with Crippen LogP contribution in [-0.4, -0.2) is 35.4 Å². The zero-order chi connectivity index (χ0) is 20.1. The van der Waals surface area contributed by atoms with Crippen LogP contribution in [0.3, 0.4) is 0 Å². The van der Waals surface area contributed by atoms with Crippen LogP contribution >= 0.6 is 0 Å². The Labute approximate surface area is 162 Å². The number of rotatable bonds is 6. The number of carbonyl (C=O) groups excluding carboxylic acids is 2. The molecule has 7 heteroatoms. The second-order valence-electron chi connectivity index (χ2n) is 5.99. The molecular formula is C21H21N3O4. The Hall–Kier alpha value is -3.61. The third kappa shape index (κ3) is 4.03. The van der Waals surface area contributed by atoms with Gasteiger partial charge in [-0.15, -0.1) is 0 Å². The smallest absolute Gasteiger partial charge is 0.340 e. The van der Waals surface area contributed by atoms with Gasteiger partial charge < -0.3 is 14.8 Å². The lowest BCUT2D eigenvalue weighted by Crippen LogP contribution is -2.16. The first-order chi connectivity index (χ1) is 13.5. The number of nitrogens with one attached hydrogen (secondary N) is 1. The van der Waals surface area contributed by atoms with E-state index in [1.165, 1.54) is 0 Å². The van der Waals surface area contributed by atoms with Crippen molar-refractivity contribution < 1.29 is 19.1 Å². The number of anilines is 1. The molecule has 0 bridgehead atoms. The van der Waals surface area contributed by atoms with Gasteiger partial charge in [-0.3, -0.25) is 9.48 Å². The van der Waals surface area contributed by atoms with Gasteiger partial charge in [-0.25, -0.2) is 4.79 Å². The molecule has 0 aliphatic carbocycles. The van der Waals surface area contributed by atoms with E-state index in [0.717, 1.165) is 17.0 Å². The van der Waals surface area contributed by atoms with Gasteiger partial charge in [0.15, 0.2) is 5.69 Å². The van der Waals surface area contributed by atoms with Crippen molar-refractivity contribution in [3.63, 3.8) is 0 Å². The Bertz CT molecular complexity index is 993. The molecule has 0 saturated heterocycles. The SMILES string of the molecule is CCOC(=O)c1ccccc1NC(=O)c1cc(-c2ccc(OC)cc2)n(C)n1. The van der Waals surface area contributed by atoms with Crippen molar-refractivity contribution in [2.75, 3.05) is 19.0 Å². The zero-order valence-electron chi connectivity index (χ0n) is 15.9. The summed E-state index contributed by atoms with van der Waals surface area (Å²) in [7, 11) is 3.37. The van der Waals surface area contributed by atoms with Gasteiger partial charge in [0.05, 0.1) is 30.7 Å². The molecule has 144 valence electrons. The molecule has 0 spiro atoms. The van der Waals surface area contributed by atoms with Gasteiger partial charge >= 0.3 is 5.97 Å². The molecule has 3 aromatic rings. The number of para-hydroxylation sites is 1. The molecule has 2 aromatic carbocycles. The Morgan fingerprint density at radius 1 is 1.11 bits per heavy atom. The van der Waals surface area contributed by atoms with Gasteiger partial charge in [0.25, 0.3) is 5.91 Å². The maximum Gasteiger partial charge on any atom is 0.340 e.